The lowest BCUT2D eigenvalue weighted by molar-refractivity contribution is -0.127. The third-order valence-electron chi connectivity index (χ3n) is 8.94. The number of hydrogen-bond donors (Lipinski definition) is 4. The zero-order valence-electron chi connectivity index (χ0n) is 33.7. The fourth-order valence-corrected chi connectivity index (χ4v) is 7.07. The van der Waals surface area contributed by atoms with Crippen LogP contribution >= 0.6 is 69.6 Å². The number of aryl methyl sites for hydroxylation is 2. The molecule has 0 spiro atoms. The molecule has 5 rings (SSSR count). The number of alkyl halides is 2. The number of rotatable bonds is 18. The van der Waals surface area contributed by atoms with Crippen LogP contribution in [-0.4, -0.2) is 59.0 Å². The third-order valence-corrected chi connectivity index (χ3v) is 10.6. The molecular formula is C44H36Cl6N8O6. The van der Waals surface area contributed by atoms with Gasteiger partial charge >= 0.3 is 0 Å². The molecule has 0 heterocycles. The lowest BCUT2D eigenvalue weighted by Crippen LogP contribution is -2.32. The molecule has 0 bridgehead atoms. The van der Waals surface area contributed by atoms with Gasteiger partial charge in [-0.05, 0) is 111 Å². The first-order valence-electron chi connectivity index (χ1n) is 19.0. The van der Waals surface area contributed by atoms with Crippen LogP contribution in [-0.2, 0) is 32.0 Å². The molecule has 0 aromatic heterocycles. The van der Waals surface area contributed by atoms with E-state index in [9.17, 15) is 28.8 Å². The largest absolute Gasteiger partial charge is 0.324 e. The molecule has 0 aliphatic carbocycles. The van der Waals surface area contributed by atoms with E-state index in [2.05, 4.69) is 41.7 Å². The molecule has 0 radical (unpaired) electrons. The molecule has 5 aromatic rings. The van der Waals surface area contributed by atoms with Gasteiger partial charge in [-0.2, -0.15) is 20.5 Å². The van der Waals surface area contributed by atoms with Crippen LogP contribution in [0.5, 0.6) is 0 Å². The number of azo groups is 2. The van der Waals surface area contributed by atoms with Crippen molar-refractivity contribution >= 4 is 139 Å². The molecule has 0 aliphatic heterocycles. The Labute approximate surface area is 397 Å². The van der Waals surface area contributed by atoms with Crippen molar-refractivity contribution in [3.63, 3.8) is 0 Å². The fraction of sp³-hybridized carbons (Fsp3) is 0.182. The topological polar surface area (TPSA) is 200 Å². The van der Waals surface area contributed by atoms with Crippen molar-refractivity contribution in [2.24, 2.45) is 20.5 Å². The summed E-state index contributed by atoms with van der Waals surface area (Å²) in [6.45, 7) is 2.24. The summed E-state index contributed by atoms with van der Waals surface area (Å²) in [5.74, 6) is -3.38. The number of carbonyl (C=O) groups excluding carboxylic acids is 6. The van der Waals surface area contributed by atoms with Crippen molar-refractivity contribution in [1.29, 1.82) is 0 Å². The van der Waals surface area contributed by atoms with Gasteiger partial charge in [-0.25, -0.2) is 0 Å². The molecule has 0 saturated heterocycles. The number of ketones is 2. The average Bonchev–Trinajstić information content (AvgIpc) is 3.23. The summed E-state index contributed by atoms with van der Waals surface area (Å²) in [5, 5.41) is 26.2. The van der Waals surface area contributed by atoms with Crippen LogP contribution in [0.15, 0.2) is 118 Å². The number of Topliss-reactive ketones (excluding diaryl/α,β-unsaturated/α-hetero) is 2. The summed E-state index contributed by atoms with van der Waals surface area (Å²) in [4.78, 5) is 77.9. The number of carbonyl (C=O) groups is 6. The highest BCUT2D eigenvalue weighted by atomic mass is 35.5. The van der Waals surface area contributed by atoms with Crippen molar-refractivity contribution < 1.29 is 28.8 Å². The number of nitrogens with zero attached hydrogens (tertiary/aromatic N) is 4. The molecule has 14 nitrogen and oxygen atoms in total. The molecular weight excluding hydrogens is 949 g/mol. The Morgan fingerprint density at radius 3 is 1.33 bits per heavy atom. The molecule has 0 aliphatic rings. The van der Waals surface area contributed by atoms with Crippen LogP contribution in [0.3, 0.4) is 0 Å². The molecule has 64 heavy (non-hydrogen) atoms. The smallest absolute Gasteiger partial charge is 0.258 e. The van der Waals surface area contributed by atoms with Crippen molar-refractivity contribution in [1.82, 2.24) is 0 Å². The number of anilines is 4. The maximum Gasteiger partial charge on any atom is 0.258 e. The quantitative estimate of drug-likeness (QED) is 0.0382. The second-order valence-corrected chi connectivity index (χ2v) is 16.2. The fourth-order valence-electron chi connectivity index (χ4n) is 5.74. The molecule has 4 amide bonds. The van der Waals surface area contributed by atoms with E-state index < -0.39 is 47.3 Å². The van der Waals surface area contributed by atoms with Crippen LogP contribution in [0.1, 0.15) is 45.7 Å². The van der Waals surface area contributed by atoms with Crippen LogP contribution in [0.25, 0.3) is 0 Å². The van der Waals surface area contributed by atoms with Crippen LogP contribution < -0.4 is 21.3 Å². The van der Waals surface area contributed by atoms with E-state index in [1.54, 1.807) is 36.4 Å². The van der Waals surface area contributed by atoms with Crippen LogP contribution in [0.4, 0.5) is 34.1 Å². The van der Waals surface area contributed by atoms with E-state index >= 15 is 0 Å². The zero-order chi connectivity index (χ0) is 46.5. The molecule has 0 saturated carbocycles. The predicted molar refractivity (Wildman–Crippen MR) is 252 cm³/mol. The predicted octanol–water partition coefficient (Wildman–Crippen LogP) is 11.7. The van der Waals surface area contributed by atoms with Crippen molar-refractivity contribution in [3.8, 4) is 0 Å². The van der Waals surface area contributed by atoms with E-state index in [0.29, 0.717) is 36.0 Å². The zero-order valence-corrected chi connectivity index (χ0v) is 38.3. The summed E-state index contributed by atoms with van der Waals surface area (Å²) in [6.07, 6.45) is 1.24. The minimum Gasteiger partial charge on any atom is -0.324 e. The second-order valence-electron chi connectivity index (χ2n) is 13.8. The highest BCUT2D eigenvalue weighted by molar-refractivity contribution is 6.40. The van der Waals surface area contributed by atoms with Crippen molar-refractivity contribution in [2.45, 2.75) is 38.8 Å². The second kappa shape index (κ2) is 23.3. The summed E-state index contributed by atoms with van der Waals surface area (Å²) in [7, 11) is 0. The first-order valence-corrected chi connectivity index (χ1v) is 21.6. The summed E-state index contributed by atoms with van der Waals surface area (Å²) in [5.41, 5.74) is 3.21. The van der Waals surface area contributed by atoms with Gasteiger partial charge in [0.2, 0.25) is 12.1 Å². The Bertz CT molecular complexity index is 2660. The highest BCUT2D eigenvalue weighted by Crippen LogP contribution is 2.35. The average molecular weight is 986 g/mol. The van der Waals surface area contributed by atoms with Crippen molar-refractivity contribution in [2.75, 3.05) is 33.0 Å². The molecule has 0 fully saturated rings. The molecule has 330 valence electrons. The SMILES string of the molecule is CC(=O)C(N=Nc1cc(C(=O)Nc2cccc(CCCl)c2)ccc1Cl)C(=O)Nc1cc(Cl)c(NC(=O)C(N=Nc2cc(C(=O)Nc3cccc(CCCl)c3)ccc2Cl)C(C)=O)c(Cl)c1. The normalized spacial score (nSPS) is 12.1. The van der Waals surface area contributed by atoms with E-state index in [0.717, 1.165) is 25.0 Å². The van der Waals surface area contributed by atoms with Gasteiger partial charge in [0.15, 0.2) is 11.6 Å². The first-order chi connectivity index (χ1) is 30.6. The molecule has 2 atom stereocenters. The molecule has 2 unspecified atom stereocenters. The van der Waals surface area contributed by atoms with E-state index in [1.165, 1.54) is 48.5 Å². The van der Waals surface area contributed by atoms with E-state index in [-0.39, 0.29) is 54.0 Å². The van der Waals surface area contributed by atoms with Gasteiger partial charge in [0, 0.05) is 39.9 Å². The van der Waals surface area contributed by atoms with Crippen LogP contribution in [0, 0.1) is 0 Å². The summed E-state index contributed by atoms with van der Waals surface area (Å²) in [6, 6.07) is 22.0. The maximum absolute atomic E-state index is 13.4. The molecule has 20 heteroatoms. The van der Waals surface area contributed by atoms with Gasteiger partial charge in [-0.1, -0.05) is 70.7 Å². The minimum absolute atomic E-state index is 0.00375. The highest BCUT2D eigenvalue weighted by Gasteiger charge is 2.27. The van der Waals surface area contributed by atoms with Crippen LogP contribution in [0.2, 0.25) is 20.1 Å². The summed E-state index contributed by atoms with van der Waals surface area (Å²) >= 11 is 37.3. The lowest BCUT2D eigenvalue weighted by atomic mass is 10.1. The Morgan fingerprint density at radius 2 is 0.922 bits per heavy atom. The monoisotopic (exact) mass is 982 g/mol. The standard InChI is InChI=1S/C44H36Cl6N8O6/c1-23(59)38(57-55-36-19-27(9-11-32(36)47)41(61)51-29-7-3-5-25(17-29)13-15-45)43(63)53-31-21-34(49)40(35(50)22-31)54-44(64)39(24(2)60)58-56-37-20-28(10-12-33(37)48)42(62)52-30-8-4-6-26(18-30)14-16-46/h3-12,17-22,38-39H,13-16H2,1-2H3,(H,51,61)(H,52,62)(H,53,63)(H,54,64). The Hall–Kier alpha value is -5.74. The lowest BCUT2D eigenvalue weighted by Gasteiger charge is -2.15. The van der Waals surface area contributed by atoms with Gasteiger partial charge in [-0.15, -0.1) is 23.2 Å². The maximum atomic E-state index is 13.4. The van der Waals surface area contributed by atoms with Crippen molar-refractivity contribution in [3.05, 3.63) is 139 Å². The van der Waals surface area contributed by atoms with Gasteiger partial charge in [0.05, 0.1) is 25.8 Å². The van der Waals surface area contributed by atoms with Gasteiger partial charge < -0.3 is 21.3 Å². The van der Waals surface area contributed by atoms with Gasteiger partial charge in [-0.3, -0.25) is 28.8 Å². The summed E-state index contributed by atoms with van der Waals surface area (Å²) < 4.78 is 0. The number of hydrogen-bond acceptors (Lipinski definition) is 10. The van der Waals surface area contributed by atoms with Gasteiger partial charge in [0.1, 0.15) is 11.4 Å². The first kappa shape index (κ1) is 49.3. The van der Waals surface area contributed by atoms with Gasteiger partial charge in [0.25, 0.3) is 23.6 Å². The molecule has 5 aromatic carbocycles. The Kier molecular flexibility index (Phi) is 17.9. The Morgan fingerprint density at radius 1 is 0.500 bits per heavy atom. The number of benzene rings is 5. The molecule has 4 N–H and O–H groups in total. The number of halogens is 6. The van der Waals surface area contributed by atoms with E-state index in [4.69, 9.17) is 69.6 Å². The Balaban J connectivity index is 1.25. The third kappa shape index (κ3) is 13.6. The minimum atomic E-state index is -1.70. The van der Waals surface area contributed by atoms with E-state index in [1.807, 2.05) is 12.1 Å². The number of nitrogens with one attached hydrogen (secondary N) is 4. The number of amides is 4.